The molecular formula is C52H88N2O42S. The van der Waals surface area contributed by atoms with Gasteiger partial charge in [0.1, 0.15) is 183 Å². The highest BCUT2D eigenvalue weighted by molar-refractivity contribution is 7.80. The van der Waals surface area contributed by atoms with Crippen molar-refractivity contribution in [3.8, 4) is 0 Å². The van der Waals surface area contributed by atoms with Gasteiger partial charge in [0.2, 0.25) is 11.8 Å². The molecule has 8 fully saturated rings. The fourth-order valence-corrected chi connectivity index (χ4v) is 12.6. The highest BCUT2D eigenvalue weighted by Crippen LogP contribution is 2.40. The maximum absolute atomic E-state index is 13.4. The van der Waals surface area contributed by atoms with Gasteiger partial charge < -0.3 is 189 Å². The van der Waals surface area contributed by atoms with E-state index in [4.69, 9.17) is 75.2 Å². The molecule has 0 aromatic heterocycles. The number of hydrogen-bond donors (Lipinski definition) is 24. The summed E-state index contributed by atoms with van der Waals surface area (Å²) in [6, 6.07) is -4.14. The van der Waals surface area contributed by atoms with E-state index in [0.717, 1.165) is 13.8 Å². The molecule has 8 rings (SSSR count). The lowest BCUT2D eigenvalue weighted by Gasteiger charge is -2.52. The molecule has 564 valence electrons. The number of carbonyl (C=O) groups excluding carboxylic acids is 2. The van der Waals surface area contributed by atoms with Crippen LogP contribution in [0.1, 0.15) is 27.7 Å². The molecule has 0 saturated carbocycles. The Bertz CT molecular complexity index is 2610. The molecule has 8 aliphatic rings. The Kier molecular flexibility index (Phi) is 28.0. The van der Waals surface area contributed by atoms with Gasteiger partial charge in [0.05, 0.1) is 51.8 Å². The highest BCUT2D eigenvalue weighted by Gasteiger charge is 2.61. The van der Waals surface area contributed by atoms with Gasteiger partial charge in [-0.2, -0.15) is 8.42 Å². The first-order valence-corrected chi connectivity index (χ1v) is 31.9. The van der Waals surface area contributed by atoms with Crippen molar-refractivity contribution in [3.05, 3.63) is 0 Å². The monoisotopic (exact) mass is 1440 g/mol. The lowest BCUT2D eigenvalue weighted by Crippen LogP contribution is -2.72. The van der Waals surface area contributed by atoms with Crippen molar-refractivity contribution in [1.82, 2.24) is 10.6 Å². The van der Waals surface area contributed by atoms with E-state index in [9.17, 15) is 130 Å². The van der Waals surface area contributed by atoms with Gasteiger partial charge >= 0.3 is 10.4 Å². The molecule has 0 spiro atoms. The summed E-state index contributed by atoms with van der Waals surface area (Å²) in [4.78, 5) is 26.7. The van der Waals surface area contributed by atoms with Gasteiger partial charge in [-0.15, -0.1) is 0 Å². The van der Waals surface area contributed by atoms with Crippen LogP contribution in [0.2, 0.25) is 0 Å². The number of hydrogen-bond acceptors (Lipinski definition) is 41. The third-order valence-corrected chi connectivity index (χ3v) is 18.0. The summed E-state index contributed by atoms with van der Waals surface area (Å²) in [7, 11) is -5.61. The number of aliphatic hydroxyl groups excluding tert-OH is 21. The molecule has 44 nitrogen and oxygen atoms in total. The summed E-state index contributed by atoms with van der Waals surface area (Å²) in [6.45, 7) is -2.84. The van der Waals surface area contributed by atoms with Crippen LogP contribution in [-0.4, -0.2) is 417 Å². The van der Waals surface area contributed by atoms with E-state index in [1.54, 1.807) is 0 Å². The fourth-order valence-electron chi connectivity index (χ4n) is 12.3. The topological polar surface area (TPSA) is 685 Å². The first-order chi connectivity index (χ1) is 45.6. The van der Waals surface area contributed by atoms with Crippen LogP contribution in [0.5, 0.6) is 0 Å². The molecule has 0 aromatic carbocycles. The fraction of sp³-hybridized carbons (Fsp3) is 0.962. The first kappa shape index (κ1) is 80.1. The molecule has 0 radical (unpaired) electrons. The van der Waals surface area contributed by atoms with Crippen molar-refractivity contribution >= 4 is 22.2 Å². The van der Waals surface area contributed by atoms with Crippen LogP contribution in [-0.2, 0) is 95.2 Å². The van der Waals surface area contributed by atoms with Gasteiger partial charge in [0, 0.05) is 13.8 Å². The van der Waals surface area contributed by atoms with Gasteiger partial charge in [-0.05, 0) is 13.8 Å². The van der Waals surface area contributed by atoms with Crippen LogP contribution < -0.4 is 10.6 Å². The Balaban J connectivity index is 1.18. The van der Waals surface area contributed by atoms with Gasteiger partial charge in [-0.3, -0.25) is 14.1 Å². The van der Waals surface area contributed by atoms with Gasteiger partial charge in [-0.25, -0.2) is 4.18 Å². The van der Waals surface area contributed by atoms with E-state index < -0.39 is 307 Å². The predicted octanol–water partition coefficient (Wildman–Crippen LogP) is -16.3. The summed E-state index contributed by atoms with van der Waals surface area (Å²) in [5.41, 5.74) is 0. The van der Waals surface area contributed by atoms with Crippen molar-refractivity contribution in [2.75, 3.05) is 39.6 Å². The largest absolute Gasteiger partial charge is 0.397 e. The van der Waals surface area contributed by atoms with Crippen molar-refractivity contribution in [1.29, 1.82) is 0 Å². The molecule has 40 atom stereocenters. The summed E-state index contributed by atoms with van der Waals surface area (Å²) < 4.78 is 128. The zero-order valence-electron chi connectivity index (χ0n) is 51.7. The number of nitrogens with one attached hydrogen (secondary N) is 2. The third kappa shape index (κ3) is 17.8. The van der Waals surface area contributed by atoms with Gasteiger partial charge in [0.15, 0.2) is 50.3 Å². The molecule has 8 aliphatic heterocycles. The minimum Gasteiger partial charge on any atom is -0.394 e. The zero-order valence-corrected chi connectivity index (χ0v) is 52.6. The predicted molar refractivity (Wildman–Crippen MR) is 295 cm³/mol. The average molecular weight is 1450 g/mol. The van der Waals surface area contributed by atoms with Crippen molar-refractivity contribution in [2.24, 2.45) is 0 Å². The summed E-state index contributed by atoms with van der Waals surface area (Å²) in [6.07, 6.45) is -79.0. The number of carbonyl (C=O) groups is 2. The maximum atomic E-state index is 13.4. The lowest BCUT2D eigenvalue weighted by molar-refractivity contribution is -0.399. The van der Waals surface area contributed by atoms with E-state index >= 15 is 0 Å². The molecule has 0 aromatic rings. The van der Waals surface area contributed by atoms with Crippen LogP contribution in [0.25, 0.3) is 0 Å². The second kappa shape index (κ2) is 33.9. The maximum Gasteiger partial charge on any atom is 0.397 e. The van der Waals surface area contributed by atoms with Crippen molar-refractivity contribution < 1.29 is 205 Å². The summed E-state index contributed by atoms with van der Waals surface area (Å²) in [5.74, 6) is -2.06. The first-order valence-electron chi connectivity index (χ1n) is 30.5. The van der Waals surface area contributed by atoms with Gasteiger partial charge in [-0.1, -0.05) is 0 Å². The van der Waals surface area contributed by atoms with Gasteiger partial charge in [0.25, 0.3) is 0 Å². The van der Waals surface area contributed by atoms with Crippen molar-refractivity contribution in [3.63, 3.8) is 0 Å². The standard InChI is InChI=1S/C52H88N2O42S/c1-11-23(62)28(67)33(72)48(82-11)91-39-19(9-59)88-46(21(53-13(3)60)41(39)94-50-35(74)30(69)25(64)15(5-55)85-50)95-44-27(66)17(7-57)87-52(37(44)76)92-40-20(10-81-97(78,79)80)89-47(22(54-14(4)61)42(40)93-49-34(73)29(68)24(63)12(2)83-49)96-43-26(65)16(6-56)86-51(36(43)75)90-38-18(8-58)84-45(77)32(71)31(38)70/h11-12,15-52,55-59,62-77H,5-10H2,1-4H3,(H,53,60)(H,54,61)(H,78,79,80)/t11-,12-,15+,16+,17+,18+,19+,20+,21+,22+,23+,24+,25-,26-,27-,28+,29+,30-,31+,32+,33-,34-,35+,36+,37+,38+,39+,40+,41+,42+,43-,44-,45-,46-,47-,48-,49-,50-,51+,52-/m0/s1. The quantitative estimate of drug-likeness (QED) is 0.0399. The Morgan fingerprint density at radius 3 is 1.03 bits per heavy atom. The Morgan fingerprint density at radius 2 is 0.639 bits per heavy atom. The number of rotatable bonds is 24. The Morgan fingerprint density at radius 1 is 0.330 bits per heavy atom. The molecular weight excluding hydrogens is 1360 g/mol. The second-order valence-corrected chi connectivity index (χ2v) is 25.4. The number of ether oxygens (including phenoxy) is 15. The molecule has 8 heterocycles. The SMILES string of the molecule is CC(=O)N[C@H]1[C@H](O[C@H]2[C@@H](O)[C@@H](CO)O[C@@H](O[C@H]3[C@H](O[C@@H]4O[C@@H](C)[C@@H](O)[C@@H](O)[C@@H]4O)[C@@H](NC(C)=O)[C@H](O[C@H]4[C@@H](O)[C@@H](CO)O[C@H](O[C@H]5[C@H](O)[C@@H](O)[C@@H](O)O[C@@H]5CO)[C@@H]4O)O[C@@H]3COS(=O)(=O)O)[C@@H]2O)O[C@H](CO)[C@@H](O[C@@H]2O[C@@H](C)[C@@H](O)[C@@H](O)[C@@H]2O)[C@@H]1O[C@@H]1O[C@H](CO)[C@H](O)[C@H](O)[C@H]1O. The Hall–Kier alpha value is -2.63. The molecule has 97 heavy (non-hydrogen) atoms. The van der Waals surface area contributed by atoms with Crippen LogP contribution >= 0.6 is 0 Å². The second-order valence-electron chi connectivity index (χ2n) is 24.3. The lowest BCUT2D eigenvalue weighted by atomic mass is 9.93. The third-order valence-electron chi connectivity index (χ3n) is 17.6. The smallest absolute Gasteiger partial charge is 0.394 e. The molecule has 0 aliphatic carbocycles. The minimum absolute atomic E-state index is 0.874. The van der Waals surface area contributed by atoms with Crippen molar-refractivity contribution in [2.45, 2.75) is 273 Å². The molecule has 45 heteroatoms. The molecule has 0 bridgehead atoms. The van der Waals surface area contributed by atoms with E-state index in [0.29, 0.717) is 0 Å². The van der Waals surface area contributed by atoms with Crippen LogP contribution in [0, 0.1) is 0 Å². The van der Waals surface area contributed by atoms with E-state index in [1.165, 1.54) is 13.8 Å². The molecule has 24 N–H and O–H groups in total. The normalized spacial score (nSPS) is 50.2. The molecule has 8 saturated heterocycles. The average Bonchev–Trinajstić information content (AvgIpc) is 0.763. The zero-order chi connectivity index (χ0) is 71.7. The number of amides is 2. The Labute approximate surface area is 549 Å². The highest BCUT2D eigenvalue weighted by atomic mass is 32.3. The van der Waals surface area contributed by atoms with Crippen LogP contribution in [0.3, 0.4) is 0 Å². The molecule has 0 unspecified atom stereocenters. The minimum atomic E-state index is -5.61. The van der Waals surface area contributed by atoms with Crippen LogP contribution in [0.15, 0.2) is 0 Å². The van der Waals surface area contributed by atoms with E-state index in [-0.39, 0.29) is 0 Å². The summed E-state index contributed by atoms with van der Waals surface area (Å²) in [5, 5.41) is 234. The number of aliphatic hydroxyl groups is 21. The van der Waals surface area contributed by atoms with E-state index in [1.807, 2.05) is 0 Å². The van der Waals surface area contributed by atoms with Crippen LogP contribution in [0.4, 0.5) is 0 Å². The summed E-state index contributed by atoms with van der Waals surface area (Å²) >= 11 is 0. The molecule has 2 amide bonds. The van der Waals surface area contributed by atoms with E-state index in [2.05, 4.69) is 10.6 Å².